The second kappa shape index (κ2) is 5.89. The van der Waals surface area contributed by atoms with Crippen LogP contribution < -0.4 is 0 Å². The lowest BCUT2D eigenvalue weighted by atomic mass is 9.90. The minimum atomic E-state index is -0.195. The zero-order valence-electron chi connectivity index (χ0n) is 11.5. The van der Waals surface area contributed by atoms with Crippen LogP contribution in [0.15, 0.2) is 23.0 Å². The van der Waals surface area contributed by atoms with Gasteiger partial charge in [0.15, 0.2) is 0 Å². The Hall–Kier alpha value is -1.25. The van der Waals surface area contributed by atoms with Crippen molar-refractivity contribution < 1.29 is 9.53 Å². The van der Waals surface area contributed by atoms with E-state index in [1.165, 1.54) is 12.8 Å². The van der Waals surface area contributed by atoms with Crippen molar-refractivity contribution >= 4 is 5.97 Å². The molecule has 0 aliphatic carbocycles. The third-order valence-electron chi connectivity index (χ3n) is 3.33. The smallest absolute Gasteiger partial charge is 0.336 e. The fourth-order valence-corrected chi connectivity index (χ4v) is 2.44. The van der Waals surface area contributed by atoms with Gasteiger partial charge >= 0.3 is 5.97 Å². The first kappa shape index (κ1) is 13.8. The van der Waals surface area contributed by atoms with Gasteiger partial charge in [-0.2, -0.15) is 0 Å². The van der Waals surface area contributed by atoms with Crippen LogP contribution in [0.4, 0.5) is 0 Å². The van der Waals surface area contributed by atoms with E-state index in [1.54, 1.807) is 0 Å². The Morgan fingerprint density at radius 2 is 2.06 bits per heavy atom. The maximum Gasteiger partial charge on any atom is 0.336 e. The predicted molar refractivity (Wildman–Crippen MR) is 69.3 cm³/mol. The molecule has 1 aliphatic rings. The van der Waals surface area contributed by atoms with E-state index in [-0.39, 0.29) is 11.9 Å². The van der Waals surface area contributed by atoms with E-state index >= 15 is 0 Å². The molecular formula is C14H23NO2. The summed E-state index contributed by atoms with van der Waals surface area (Å²) < 4.78 is 4.90. The SMILES string of the molecule is CCCN1C(C)=CC(CC)C(C(=O)OC)=C1C. The van der Waals surface area contributed by atoms with Crippen molar-refractivity contribution in [3.8, 4) is 0 Å². The highest BCUT2D eigenvalue weighted by atomic mass is 16.5. The molecule has 17 heavy (non-hydrogen) atoms. The van der Waals surface area contributed by atoms with Crippen molar-refractivity contribution in [3.63, 3.8) is 0 Å². The van der Waals surface area contributed by atoms with Crippen LogP contribution in [-0.4, -0.2) is 24.5 Å². The van der Waals surface area contributed by atoms with Crippen molar-refractivity contribution in [2.24, 2.45) is 5.92 Å². The number of esters is 1. The summed E-state index contributed by atoms with van der Waals surface area (Å²) in [6.07, 6.45) is 4.17. The van der Waals surface area contributed by atoms with Crippen molar-refractivity contribution in [3.05, 3.63) is 23.0 Å². The number of carbonyl (C=O) groups is 1. The molecule has 96 valence electrons. The van der Waals surface area contributed by atoms with Gasteiger partial charge in [-0.1, -0.05) is 19.9 Å². The fraction of sp³-hybridized carbons (Fsp3) is 0.643. The summed E-state index contributed by atoms with van der Waals surface area (Å²) in [7, 11) is 1.45. The summed E-state index contributed by atoms with van der Waals surface area (Å²) in [5.74, 6) is -0.00485. The lowest BCUT2D eigenvalue weighted by Crippen LogP contribution is -2.30. The average molecular weight is 237 g/mol. The maximum atomic E-state index is 11.9. The largest absolute Gasteiger partial charge is 0.466 e. The molecule has 0 saturated carbocycles. The van der Waals surface area contributed by atoms with Crippen LogP contribution in [0.3, 0.4) is 0 Å². The summed E-state index contributed by atoms with van der Waals surface area (Å²) in [4.78, 5) is 14.1. The standard InChI is InChI=1S/C14H23NO2/c1-6-8-15-10(3)9-12(7-2)13(11(15)4)14(16)17-5/h9,12H,6-8H2,1-5H3. The van der Waals surface area contributed by atoms with E-state index in [0.29, 0.717) is 0 Å². The van der Waals surface area contributed by atoms with Crippen LogP contribution in [0.25, 0.3) is 0 Å². The number of methoxy groups -OCH3 is 1. The molecule has 1 aliphatic heterocycles. The fourth-order valence-electron chi connectivity index (χ4n) is 2.44. The molecule has 3 nitrogen and oxygen atoms in total. The normalized spacial score (nSPS) is 20.4. The van der Waals surface area contributed by atoms with Crippen molar-refractivity contribution in [2.75, 3.05) is 13.7 Å². The van der Waals surface area contributed by atoms with Crippen LogP contribution in [-0.2, 0) is 9.53 Å². The molecule has 1 unspecified atom stereocenters. The molecule has 1 heterocycles. The Morgan fingerprint density at radius 1 is 1.41 bits per heavy atom. The van der Waals surface area contributed by atoms with Gasteiger partial charge in [-0.05, 0) is 26.7 Å². The summed E-state index contributed by atoms with van der Waals surface area (Å²) in [5, 5.41) is 0. The molecule has 1 atom stereocenters. The molecule has 0 radical (unpaired) electrons. The lowest BCUT2D eigenvalue weighted by Gasteiger charge is -2.34. The number of rotatable bonds is 4. The zero-order chi connectivity index (χ0) is 13.0. The van der Waals surface area contributed by atoms with Gasteiger partial charge in [0, 0.05) is 23.9 Å². The van der Waals surface area contributed by atoms with E-state index in [0.717, 1.165) is 30.7 Å². The number of carbonyl (C=O) groups excluding carboxylic acids is 1. The first-order valence-corrected chi connectivity index (χ1v) is 6.31. The molecule has 0 saturated heterocycles. The number of nitrogens with zero attached hydrogens (tertiary/aromatic N) is 1. The van der Waals surface area contributed by atoms with Gasteiger partial charge < -0.3 is 9.64 Å². The highest BCUT2D eigenvalue weighted by Crippen LogP contribution is 2.32. The first-order chi connectivity index (χ1) is 8.06. The molecule has 0 amide bonds. The van der Waals surface area contributed by atoms with E-state index in [4.69, 9.17) is 4.74 Å². The maximum absolute atomic E-state index is 11.9. The highest BCUT2D eigenvalue weighted by Gasteiger charge is 2.28. The zero-order valence-corrected chi connectivity index (χ0v) is 11.5. The Kier molecular flexibility index (Phi) is 4.79. The van der Waals surface area contributed by atoms with E-state index in [1.807, 2.05) is 6.92 Å². The molecule has 0 aromatic rings. The Labute approximate surface area is 104 Å². The average Bonchev–Trinajstić information content (AvgIpc) is 2.32. The summed E-state index contributed by atoms with van der Waals surface area (Å²) in [5.41, 5.74) is 3.10. The third-order valence-corrected chi connectivity index (χ3v) is 3.33. The van der Waals surface area contributed by atoms with Crippen molar-refractivity contribution in [1.82, 2.24) is 4.90 Å². The Balaban J connectivity index is 3.13. The number of hydrogen-bond donors (Lipinski definition) is 0. The van der Waals surface area contributed by atoms with Crippen LogP contribution in [0.2, 0.25) is 0 Å². The number of ether oxygens (including phenoxy) is 1. The van der Waals surface area contributed by atoms with Crippen LogP contribution in [0.5, 0.6) is 0 Å². The molecule has 0 fully saturated rings. The Morgan fingerprint density at radius 3 is 2.53 bits per heavy atom. The lowest BCUT2D eigenvalue weighted by molar-refractivity contribution is -0.136. The molecule has 0 spiro atoms. The molecule has 0 aromatic carbocycles. The van der Waals surface area contributed by atoms with Gasteiger partial charge in [-0.3, -0.25) is 0 Å². The van der Waals surface area contributed by atoms with Gasteiger partial charge in [0.1, 0.15) is 0 Å². The minimum absolute atomic E-state index is 0.190. The van der Waals surface area contributed by atoms with Gasteiger partial charge in [-0.25, -0.2) is 4.79 Å². The van der Waals surface area contributed by atoms with Gasteiger partial charge in [0.05, 0.1) is 12.7 Å². The molecule has 3 heteroatoms. The Bertz CT molecular complexity index is 355. The van der Waals surface area contributed by atoms with Crippen LogP contribution in [0.1, 0.15) is 40.5 Å². The van der Waals surface area contributed by atoms with E-state index in [2.05, 4.69) is 31.7 Å². The second-order valence-corrected chi connectivity index (χ2v) is 4.47. The molecule has 1 rings (SSSR count). The molecule has 0 aromatic heterocycles. The number of allylic oxidation sites excluding steroid dienone is 3. The molecular weight excluding hydrogens is 214 g/mol. The molecule has 0 bridgehead atoms. The van der Waals surface area contributed by atoms with Gasteiger partial charge in [0.2, 0.25) is 0 Å². The summed E-state index contributed by atoms with van der Waals surface area (Å²) >= 11 is 0. The van der Waals surface area contributed by atoms with Crippen LogP contribution in [0, 0.1) is 5.92 Å². The molecule has 0 N–H and O–H groups in total. The van der Waals surface area contributed by atoms with Crippen molar-refractivity contribution in [2.45, 2.75) is 40.5 Å². The van der Waals surface area contributed by atoms with Crippen molar-refractivity contribution in [1.29, 1.82) is 0 Å². The highest BCUT2D eigenvalue weighted by molar-refractivity contribution is 5.90. The van der Waals surface area contributed by atoms with E-state index in [9.17, 15) is 4.79 Å². The minimum Gasteiger partial charge on any atom is -0.466 e. The third kappa shape index (κ3) is 2.71. The first-order valence-electron chi connectivity index (χ1n) is 6.31. The quantitative estimate of drug-likeness (QED) is 0.704. The topological polar surface area (TPSA) is 29.5 Å². The summed E-state index contributed by atoms with van der Waals surface area (Å²) in [6.45, 7) is 9.31. The van der Waals surface area contributed by atoms with Crippen LogP contribution >= 0.6 is 0 Å². The monoisotopic (exact) mass is 237 g/mol. The number of hydrogen-bond acceptors (Lipinski definition) is 3. The predicted octanol–water partition coefficient (Wildman–Crippen LogP) is 3.09. The van der Waals surface area contributed by atoms with Gasteiger partial charge in [-0.15, -0.1) is 0 Å². The van der Waals surface area contributed by atoms with Gasteiger partial charge in [0.25, 0.3) is 0 Å². The summed E-state index contributed by atoms with van der Waals surface area (Å²) in [6, 6.07) is 0. The second-order valence-electron chi connectivity index (χ2n) is 4.47. The van der Waals surface area contributed by atoms with E-state index < -0.39 is 0 Å².